The van der Waals surface area contributed by atoms with E-state index in [1.165, 1.54) is 0 Å². The molecule has 100 valence electrons. The molecule has 1 aromatic carbocycles. The Kier molecular flexibility index (Phi) is 4.29. The average Bonchev–Trinajstić information content (AvgIpc) is 2.43. The SMILES string of the molecule is O=C(C(=C1SCS1)c1ccncc1)c1cccc(Br)c1. The van der Waals surface area contributed by atoms with E-state index in [0.717, 1.165) is 24.9 Å². The lowest BCUT2D eigenvalue weighted by Gasteiger charge is -2.20. The number of thioether (sulfide) groups is 2. The number of carbonyl (C=O) groups excluding carboxylic acids is 1. The molecule has 2 nitrogen and oxygen atoms in total. The molecule has 0 N–H and O–H groups in total. The second-order valence-corrected chi connectivity index (χ2v) is 7.66. The molecule has 0 bridgehead atoms. The summed E-state index contributed by atoms with van der Waals surface area (Å²) in [5, 5.41) is 1.01. The number of hydrogen-bond donors (Lipinski definition) is 0. The quantitative estimate of drug-likeness (QED) is 0.576. The highest BCUT2D eigenvalue weighted by Crippen LogP contribution is 2.48. The number of halogens is 1. The summed E-state index contributed by atoms with van der Waals surface area (Å²) >= 11 is 6.87. The van der Waals surface area contributed by atoms with Crippen molar-refractivity contribution in [1.29, 1.82) is 0 Å². The molecule has 1 aliphatic rings. The highest BCUT2D eigenvalue weighted by molar-refractivity contribution is 9.10. The Labute approximate surface area is 134 Å². The van der Waals surface area contributed by atoms with Crippen LogP contribution in [0.15, 0.2) is 57.5 Å². The van der Waals surface area contributed by atoms with Crippen molar-refractivity contribution >= 4 is 50.8 Å². The number of aromatic nitrogens is 1. The van der Waals surface area contributed by atoms with E-state index in [1.54, 1.807) is 35.9 Å². The summed E-state index contributed by atoms with van der Waals surface area (Å²) in [7, 11) is 0. The maximum atomic E-state index is 12.8. The number of carbonyl (C=O) groups is 1. The topological polar surface area (TPSA) is 30.0 Å². The molecule has 0 atom stereocenters. The summed E-state index contributed by atoms with van der Waals surface area (Å²) < 4.78 is 2.01. The normalized spacial score (nSPS) is 13.8. The van der Waals surface area contributed by atoms with Crippen LogP contribution in [0.4, 0.5) is 0 Å². The zero-order chi connectivity index (χ0) is 13.9. The third kappa shape index (κ3) is 2.85. The van der Waals surface area contributed by atoms with Crippen LogP contribution in [-0.2, 0) is 0 Å². The molecule has 2 aromatic rings. The minimum atomic E-state index is 0.0622. The first kappa shape index (κ1) is 13.9. The number of allylic oxidation sites excluding steroid dienone is 1. The molecule has 1 fully saturated rings. The summed E-state index contributed by atoms with van der Waals surface area (Å²) in [4.78, 5) is 16.8. The van der Waals surface area contributed by atoms with Crippen molar-refractivity contribution < 1.29 is 4.79 Å². The molecule has 5 heteroatoms. The van der Waals surface area contributed by atoms with Gasteiger partial charge >= 0.3 is 0 Å². The minimum absolute atomic E-state index is 0.0622. The van der Waals surface area contributed by atoms with Gasteiger partial charge < -0.3 is 0 Å². The van der Waals surface area contributed by atoms with Crippen molar-refractivity contribution in [3.63, 3.8) is 0 Å². The van der Waals surface area contributed by atoms with Gasteiger partial charge in [-0.3, -0.25) is 9.78 Å². The molecule has 0 spiro atoms. The summed E-state index contributed by atoms with van der Waals surface area (Å²) in [6.07, 6.45) is 3.44. The van der Waals surface area contributed by atoms with Crippen molar-refractivity contribution in [1.82, 2.24) is 4.98 Å². The van der Waals surface area contributed by atoms with Crippen molar-refractivity contribution in [3.05, 3.63) is 68.6 Å². The van der Waals surface area contributed by atoms with Gasteiger partial charge in [-0.05, 0) is 29.8 Å². The Morgan fingerprint density at radius 1 is 1.10 bits per heavy atom. The molecule has 0 unspecified atom stereocenters. The van der Waals surface area contributed by atoms with Gasteiger partial charge in [0, 0.05) is 33.1 Å². The lowest BCUT2D eigenvalue weighted by Crippen LogP contribution is -2.07. The van der Waals surface area contributed by atoms with E-state index >= 15 is 0 Å². The van der Waals surface area contributed by atoms with Gasteiger partial charge in [-0.2, -0.15) is 0 Å². The van der Waals surface area contributed by atoms with Crippen molar-refractivity contribution in [2.45, 2.75) is 0 Å². The van der Waals surface area contributed by atoms with Gasteiger partial charge in [0.05, 0.1) is 4.24 Å². The summed E-state index contributed by atoms with van der Waals surface area (Å²) in [5.41, 5.74) is 2.42. The largest absolute Gasteiger partial charge is 0.289 e. The second-order valence-electron chi connectivity index (χ2n) is 4.14. The fraction of sp³-hybridized carbons (Fsp3) is 0.0667. The molecule has 20 heavy (non-hydrogen) atoms. The van der Waals surface area contributed by atoms with Crippen LogP contribution in [0.5, 0.6) is 0 Å². The molecule has 0 amide bonds. The summed E-state index contributed by atoms with van der Waals surface area (Å²) in [6, 6.07) is 11.3. The Bertz CT molecular complexity index is 679. The average molecular weight is 364 g/mol. The van der Waals surface area contributed by atoms with E-state index < -0.39 is 0 Å². The van der Waals surface area contributed by atoms with E-state index in [9.17, 15) is 4.79 Å². The van der Waals surface area contributed by atoms with E-state index in [0.29, 0.717) is 5.56 Å². The fourth-order valence-corrected chi connectivity index (χ4v) is 3.95. The first-order valence-electron chi connectivity index (χ1n) is 5.96. The molecule has 3 rings (SSSR count). The molecule has 1 aromatic heterocycles. The first-order chi connectivity index (χ1) is 9.75. The molecular weight excluding hydrogens is 354 g/mol. The standard InChI is InChI=1S/C15H10BrNOS2/c16-12-3-1-2-11(8-12)14(18)13(15-19-9-20-15)10-4-6-17-7-5-10/h1-8H,9H2. The third-order valence-electron chi connectivity index (χ3n) is 2.87. The third-order valence-corrected chi connectivity index (χ3v) is 5.94. The van der Waals surface area contributed by atoms with Gasteiger partial charge in [0.1, 0.15) is 0 Å². The lowest BCUT2D eigenvalue weighted by atomic mass is 9.99. The molecule has 0 radical (unpaired) electrons. The Morgan fingerprint density at radius 3 is 2.45 bits per heavy atom. The lowest BCUT2D eigenvalue weighted by molar-refractivity contribution is 0.105. The van der Waals surface area contributed by atoms with Gasteiger partial charge in [0.25, 0.3) is 0 Å². The molecule has 0 aliphatic carbocycles. The van der Waals surface area contributed by atoms with Crippen LogP contribution >= 0.6 is 39.5 Å². The smallest absolute Gasteiger partial charge is 0.195 e. The Morgan fingerprint density at radius 2 is 1.85 bits per heavy atom. The van der Waals surface area contributed by atoms with Crippen molar-refractivity contribution in [2.75, 3.05) is 5.08 Å². The summed E-state index contributed by atoms with van der Waals surface area (Å²) in [5.74, 6) is 0.0622. The zero-order valence-corrected chi connectivity index (χ0v) is 13.6. The van der Waals surface area contributed by atoms with E-state index in [2.05, 4.69) is 20.9 Å². The number of rotatable bonds is 3. The Hall–Kier alpha value is -1.04. The molecule has 1 saturated heterocycles. The van der Waals surface area contributed by atoms with Crippen LogP contribution in [0.2, 0.25) is 0 Å². The number of nitrogens with zero attached hydrogens (tertiary/aromatic N) is 1. The molecule has 2 heterocycles. The fourth-order valence-electron chi connectivity index (χ4n) is 1.90. The number of ketones is 1. The highest BCUT2D eigenvalue weighted by atomic mass is 79.9. The first-order valence-corrected chi connectivity index (χ1v) is 8.72. The number of Topliss-reactive ketones (excluding diaryl/α,β-unsaturated/α-hetero) is 1. The number of benzene rings is 1. The number of hydrogen-bond acceptors (Lipinski definition) is 4. The second kappa shape index (κ2) is 6.16. The van der Waals surface area contributed by atoms with Gasteiger partial charge in [-0.1, -0.05) is 28.1 Å². The van der Waals surface area contributed by atoms with E-state index in [1.807, 2.05) is 36.4 Å². The van der Waals surface area contributed by atoms with Crippen LogP contribution in [0.3, 0.4) is 0 Å². The number of pyridine rings is 1. The van der Waals surface area contributed by atoms with Gasteiger partial charge in [-0.15, -0.1) is 23.5 Å². The van der Waals surface area contributed by atoms with Crippen molar-refractivity contribution in [3.8, 4) is 0 Å². The van der Waals surface area contributed by atoms with Gasteiger partial charge in [0.15, 0.2) is 5.78 Å². The molecular formula is C15H10BrNOS2. The predicted octanol–water partition coefficient (Wildman–Crippen LogP) is 4.83. The monoisotopic (exact) mass is 363 g/mol. The van der Waals surface area contributed by atoms with E-state index in [-0.39, 0.29) is 5.78 Å². The van der Waals surface area contributed by atoms with E-state index in [4.69, 9.17) is 0 Å². The summed E-state index contributed by atoms with van der Waals surface area (Å²) in [6.45, 7) is 0. The predicted molar refractivity (Wildman–Crippen MR) is 89.7 cm³/mol. The molecule has 1 aliphatic heterocycles. The zero-order valence-electron chi connectivity index (χ0n) is 10.4. The Balaban J connectivity index is 2.06. The van der Waals surface area contributed by atoms with Crippen LogP contribution < -0.4 is 0 Å². The molecule has 0 saturated carbocycles. The van der Waals surface area contributed by atoms with Crippen LogP contribution in [0.1, 0.15) is 15.9 Å². The maximum absolute atomic E-state index is 12.8. The van der Waals surface area contributed by atoms with Crippen LogP contribution in [0, 0.1) is 0 Å². The van der Waals surface area contributed by atoms with Crippen molar-refractivity contribution in [2.24, 2.45) is 0 Å². The van der Waals surface area contributed by atoms with Crippen LogP contribution in [0.25, 0.3) is 5.57 Å². The van der Waals surface area contributed by atoms with Gasteiger partial charge in [0.2, 0.25) is 0 Å². The van der Waals surface area contributed by atoms with Gasteiger partial charge in [-0.25, -0.2) is 0 Å². The van der Waals surface area contributed by atoms with Crippen LogP contribution in [-0.4, -0.2) is 15.9 Å². The highest BCUT2D eigenvalue weighted by Gasteiger charge is 2.24. The minimum Gasteiger partial charge on any atom is -0.289 e. The maximum Gasteiger partial charge on any atom is 0.195 e.